The third-order valence-corrected chi connectivity index (χ3v) is 7.96. The largest absolute Gasteiger partial charge is 0.366 e. The number of amides is 1. The van der Waals surface area contributed by atoms with Crippen LogP contribution in [0.15, 0.2) is 79.1 Å². The van der Waals surface area contributed by atoms with Crippen LogP contribution in [0.5, 0.6) is 0 Å². The van der Waals surface area contributed by atoms with Crippen molar-refractivity contribution in [3.8, 4) is 16.8 Å². The predicted octanol–water partition coefficient (Wildman–Crippen LogP) is 6.73. The summed E-state index contributed by atoms with van der Waals surface area (Å²) in [6.45, 7) is 3.06. The van der Waals surface area contributed by atoms with E-state index in [1.165, 1.54) is 42.5 Å². The lowest BCUT2D eigenvalue weighted by atomic mass is 9.85. The molecule has 3 N–H and O–H groups in total. The van der Waals surface area contributed by atoms with Crippen molar-refractivity contribution in [3.05, 3.63) is 107 Å². The first-order chi connectivity index (χ1) is 18.4. The lowest BCUT2D eigenvalue weighted by Crippen LogP contribution is -2.35. The molecule has 5 nitrogen and oxygen atoms in total. The zero-order valence-corrected chi connectivity index (χ0v) is 22.2. The van der Waals surface area contributed by atoms with E-state index in [-0.39, 0.29) is 22.7 Å². The zero-order valence-electron chi connectivity index (χ0n) is 21.4. The number of aromatic nitrogens is 2. The van der Waals surface area contributed by atoms with Crippen LogP contribution >= 0.6 is 11.6 Å². The first-order valence-electron chi connectivity index (χ1n) is 13.1. The van der Waals surface area contributed by atoms with Crippen LogP contribution < -0.4 is 11.1 Å². The second kappa shape index (κ2) is 11.5. The van der Waals surface area contributed by atoms with Crippen molar-refractivity contribution in [1.82, 2.24) is 15.1 Å². The minimum Gasteiger partial charge on any atom is -0.366 e. The van der Waals surface area contributed by atoms with Crippen LogP contribution in [0.4, 0.5) is 4.39 Å². The lowest BCUT2D eigenvalue weighted by Gasteiger charge is -2.29. The van der Waals surface area contributed by atoms with Gasteiger partial charge >= 0.3 is 0 Å². The summed E-state index contributed by atoms with van der Waals surface area (Å²) in [4.78, 5) is 12.4. The Labute approximate surface area is 227 Å². The molecule has 0 radical (unpaired) electrons. The molecule has 0 bridgehead atoms. The minimum atomic E-state index is -0.722. The molecule has 1 amide bonds. The summed E-state index contributed by atoms with van der Waals surface area (Å²) < 4.78 is 17.5. The highest BCUT2D eigenvalue weighted by Crippen LogP contribution is 2.38. The van der Waals surface area contributed by atoms with Crippen molar-refractivity contribution in [2.75, 3.05) is 6.54 Å². The Bertz CT molecular complexity index is 1400. The van der Waals surface area contributed by atoms with Crippen molar-refractivity contribution >= 4 is 17.5 Å². The minimum absolute atomic E-state index is 0.0148. The van der Waals surface area contributed by atoms with Crippen molar-refractivity contribution in [2.24, 2.45) is 11.7 Å². The summed E-state index contributed by atoms with van der Waals surface area (Å²) in [7, 11) is 0. The van der Waals surface area contributed by atoms with Gasteiger partial charge in [-0.05, 0) is 73.1 Å². The molecule has 5 rings (SSSR count). The van der Waals surface area contributed by atoms with Gasteiger partial charge in [0.1, 0.15) is 5.69 Å². The van der Waals surface area contributed by atoms with Gasteiger partial charge in [0.2, 0.25) is 5.91 Å². The number of nitrogens with one attached hydrogen (secondary N) is 1. The van der Waals surface area contributed by atoms with Gasteiger partial charge in [0, 0.05) is 47.0 Å². The Morgan fingerprint density at radius 3 is 2.53 bits per heavy atom. The molecule has 0 spiro atoms. The number of rotatable bonds is 8. The van der Waals surface area contributed by atoms with E-state index < -0.39 is 11.7 Å². The van der Waals surface area contributed by atoms with E-state index >= 15 is 4.39 Å². The van der Waals surface area contributed by atoms with Crippen LogP contribution in [0.3, 0.4) is 0 Å². The van der Waals surface area contributed by atoms with Crippen LogP contribution in [0.2, 0.25) is 5.02 Å². The molecular weight excluding hydrogens is 499 g/mol. The van der Waals surface area contributed by atoms with E-state index in [4.69, 9.17) is 17.3 Å². The van der Waals surface area contributed by atoms with E-state index in [2.05, 4.69) is 29.5 Å². The van der Waals surface area contributed by atoms with Crippen molar-refractivity contribution < 1.29 is 9.18 Å². The van der Waals surface area contributed by atoms with E-state index in [9.17, 15) is 4.79 Å². The molecule has 1 fully saturated rings. The van der Waals surface area contributed by atoms with E-state index in [0.717, 1.165) is 23.6 Å². The van der Waals surface area contributed by atoms with Gasteiger partial charge in [0.15, 0.2) is 5.82 Å². The molecule has 4 aromatic rings. The van der Waals surface area contributed by atoms with Crippen LogP contribution in [0, 0.1) is 11.7 Å². The average Bonchev–Trinajstić information content (AvgIpc) is 3.46. The highest BCUT2D eigenvalue weighted by atomic mass is 35.5. The maximum Gasteiger partial charge on any atom is 0.249 e. The van der Waals surface area contributed by atoms with Gasteiger partial charge in [0.25, 0.3) is 0 Å². The molecule has 1 saturated carbocycles. The number of benzene rings is 3. The Kier molecular flexibility index (Phi) is 7.91. The van der Waals surface area contributed by atoms with Gasteiger partial charge in [-0.25, -0.2) is 9.07 Å². The Balaban J connectivity index is 1.57. The molecule has 1 aliphatic carbocycles. The van der Waals surface area contributed by atoms with Crippen LogP contribution in [-0.4, -0.2) is 28.3 Å². The summed E-state index contributed by atoms with van der Waals surface area (Å²) in [5.41, 5.74) is 8.61. The topological polar surface area (TPSA) is 72.9 Å². The molecule has 3 aromatic carbocycles. The third kappa shape index (κ3) is 5.52. The second-order valence-electron chi connectivity index (χ2n) is 10.2. The molecule has 196 valence electrons. The van der Waals surface area contributed by atoms with Crippen LogP contribution in [0.25, 0.3) is 16.8 Å². The molecule has 0 aliphatic heterocycles. The molecular formula is C31H32ClFN4O. The first kappa shape index (κ1) is 26.1. The van der Waals surface area contributed by atoms with Crippen molar-refractivity contribution in [2.45, 2.75) is 44.6 Å². The summed E-state index contributed by atoms with van der Waals surface area (Å²) in [6, 6.07) is 21.1. The summed E-state index contributed by atoms with van der Waals surface area (Å²) in [6.07, 6.45) is 8.03. The van der Waals surface area contributed by atoms with Crippen LogP contribution in [-0.2, 0) is 0 Å². The van der Waals surface area contributed by atoms with Crippen molar-refractivity contribution in [3.63, 3.8) is 0 Å². The molecule has 7 heteroatoms. The fraction of sp³-hybridized carbons (Fsp3) is 0.290. The van der Waals surface area contributed by atoms with Gasteiger partial charge in [-0.15, -0.1) is 0 Å². The van der Waals surface area contributed by atoms with Gasteiger partial charge in [-0.2, -0.15) is 5.10 Å². The molecule has 38 heavy (non-hydrogen) atoms. The summed E-state index contributed by atoms with van der Waals surface area (Å²) in [5.74, 6) is -0.528. The molecule has 1 aliphatic rings. The van der Waals surface area contributed by atoms with Crippen molar-refractivity contribution in [1.29, 1.82) is 0 Å². The monoisotopic (exact) mass is 530 g/mol. The summed E-state index contributed by atoms with van der Waals surface area (Å²) in [5, 5.41) is 8.29. The third-order valence-electron chi connectivity index (χ3n) is 7.63. The second-order valence-corrected chi connectivity index (χ2v) is 10.6. The number of hydrogen-bond acceptors (Lipinski definition) is 3. The fourth-order valence-corrected chi connectivity index (χ4v) is 5.65. The number of nitrogens with zero attached hydrogens (tertiary/aromatic N) is 2. The van der Waals surface area contributed by atoms with Crippen LogP contribution in [0.1, 0.15) is 60.0 Å². The maximum absolute atomic E-state index is 16.1. The zero-order chi connectivity index (χ0) is 26.6. The molecule has 0 saturated heterocycles. The number of carbonyl (C=O) groups excluding carboxylic acids is 1. The Morgan fingerprint density at radius 1 is 1.08 bits per heavy atom. The number of carbonyl (C=O) groups is 1. The lowest BCUT2D eigenvalue weighted by molar-refractivity contribution is 0.100. The van der Waals surface area contributed by atoms with E-state index in [1.807, 2.05) is 30.3 Å². The smallest absolute Gasteiger partial charge is 0.249 e. The van der Waals surface area contributed by atoms with Gasteiger partial charge in [-0.3, -0.25) is 4.79 Å². The van der Waals surface area contributed by atoms with Gasteiger partial charge in [0.05, 0.1) is 5.56 Å². The van der Waals surface area contributed by atoms with E-state index in [1.54, 1.807) is 24.5 Å². The standard InChI is InChI=1S/C31H32ClFN4O/c1-20-8-11-23(12-9-20)35-19-26(21-6-3-2-4-7-21)22-10-14-27(32)25(18-22)29-24(31(34)38)13-15-28(30(29)33)37-17-5-16-36-37/h2-7,10,13-18,20,23,26,35H,8-9,11-12,19H2,1H3,(H2,34,38). The Hall–Kier alpha value is -3.48. The molecule has 1 atom stereocenters. The quantitative estimate of drug-likeness (QED) is 0.265. The normalized spacial score (nSPS) is 18.3. The average molecular weight is 531 g/mol. The first-order valence-corrected chi connectivity index (χ1v) is 13.5. The summed E-state index contributed by atoms with van der Waals surface area (Å²) >= 11 is 6.66. The number of hydrogen-bond donors (Lipinski definition) is 2. The van der Waals surface area contributed by atoms with E-state index in [0.29, 0.717) is 16.6 Å². The fourth-order valence-electron chi connectivity index (χ4n) is 5.44. The predicted molar refractivity (Wildman–Crippen MR) is 150 cm³/mol. The van der Waals surface area contributed by atoms with Gasteiger partial charge < -0.3 is 11.1 Å². The molecule has 1 heterocycles. The molecule has 1 unspecified atom stereocenters. The number of primary amides is 1. The Morgan fingerprint density at radius 2 is 1.84 bits per heavy atom. The number of nitrogens with two attached hydrogens (primary N) is 1. The molecule has 1 aromatic heterocycles. The highest BCUT2D eigenvalue weighted by molar-refractivity contribution is 6.33. The SMILES string of the molecule is CC1CCC(NCC(c2ccccc2)c2ccc(Cl)c(-c3c(C(N)=O)ccc(-n4cccn4)c3F)c2)CC1. The van der Waals surface area contributed by atoms with Gasteiger partial charge in [-0.1, -0.05) is 54.9 Å². The highest BCUT2D eigenvalue weighted by Gasteiger charge is 2.25. The number of halogens is 2. The maximum atomic E-state index is 16.1.